The number of rotatable bonds is 4. The molecule has 9 nitrogen and oxygen atoms in total. The summed E-state index contributed by atoms with van der Waals surface area (Å²) in [6.07, 6.45) is 3.60. The normalized spacial score (nSPS) is 23.6. The van der Waals surface area contributed by atoms with E-state index in [-0.39, 0.29) is 17.8 Å². The summed E-state index contributed by atoms with van der Waals surface area (Å²) in [5.74, 6) is 0.613. The summed E-state index contributed by atoms with van der Waals surface area (Å²) in [6.45, 7) is 1.89. The molecule has 10 heteroatoms. The second-order valence-corrected chi connectivity index (χ2v) is 8.32. The maximum atomic E-state index is 12.5. The number of piperidine rings is 1. The first kappa shape index (κ1) is 18.0. The fourth-order valence-corrected chi connectivity index (χ4v) is 5.09. The van der Waals surface area contributed by atoms with Crippen LogP contribution in [-0.4, -0.2) is 72.2 Å². The number of anilines is 1. The molecular weight excluding hydrogens is 346 g/mol. The molecule has 1 aromatic heterocycles. The molecule has 25 heavy (non-hydrogen) atoms. The lowest BCUT2D eigenvalue weighted by atomic mass is 10.1. The Kier molecular flexibility index (Phi) is 5.50. The monoisotopic (exact) mass is 369 g/mol. The Morgan fingerprint density at radius 1 is 1.36 bits per heavy atom. The van der Waals surface area contributed by atoms with Crippen LogP contribution in [0.5, 0.6) is 0 Å². The third kappa shape index (κ3) is 4.25. The molecule has 2 aliphatic heterocycles. The summed E-state index contributed by atoms with van der Waals surface area (Å²) in [5, 5.41) is 2.75. The number of sulfonamides is 1. The van der Waals surface area contributed by atoms with E-state index in [1.165, 1.54) is 6.33 Å². The van der Waals surface area contributed by atoms with Crippen molar-refractivity contribution in [1.82, 2.24) is 19.2 Å². The number of ether oxygens (including phenoxy) is 1. The van der Waals surface area contributed by atoms with E-state index in [2.05, 4.69) is 15.3 Å². The van der Waals surface area contributed by atoms with Gasteiger partial charge in [-0.05, 0) is 19.3 Å². The topological polar surface area (TPSA) is 105 Å². The number of methoxy groups -OCH3 is 1. The number of amides is 2. The molecule has 0 aliphatic carbocycles. The van der Waals surface area contributed by atoms with Crippen LogP contribution in [0.15, 0.2) is 12.4 Å². The van der Waals surface area contributed by atoms with Crippen molar-refractivity contribution in [3.05, 3.63) is 18.1 Å². The number of likely N-dealkylation sites (tertiary alicyclic amines) is 1. The van der Waals surface area contributed by atoms with E-state index in [1.54, 1.807) is 22.4 Å². The van der Waals surface area contributed by atoms with E-state index in [0.29, 0.717) is 44.2 Å². The number of nitrogens with one attached hydrogen (secondary N) is 1. The Balaban J connectivity index is 1.63. The molecule has 0 aromatic carbocycles. The average molecular weight is 369 g/mol. The molecule has 1 aromatic rings. The van der Waals surface area contributed by atoms with Gasteiger partial charge in [0.1, 0.15) is 12.1 Å². The second-order valence-electron chi connectivity index (χ2n) is 6.28. The van der Waals surface area contributed by atoms with Crippen molar-refractivity contribution in [2.45, 2.75) is 31.9 Å². The molecule has 2 aliphatic rings. The maximum Gasteiger partial charge on any atom is 0.323 e. The van der Waals surface area contributed by atoms with Crippen LogP contribution in [0, 0.1) is 0 Å². The minimum Gasteiger partial charge on any atom is -0.378 e. The summed E-state index contributed by atoms with van der Waals surface area (Å²) in [7, 11) is -1.60. The van der Waals surface area contributed by atoms with Gasteiger partial charge in [0.2, 0.25) is 10.0 Å². The summed E-state index contributed by atoms with van der Waals surface area (Å²) < 4.78 is 30.8. The maximum absolute atomic E-state index is 12.5. The SMILES string of the molecule is COCc1cc(NC(=O)N2CCC[C@H](N3CCCS3(=O)=O)C2)ncn1. The number of urea groups is 1. The smallest absolute Gasteiger partial charge is 0.323 e. The number of carbonyl (C=O) groups is 1. The molecule has 0 spiro atoms. The van der Waals surface area contributed by atoms with Gasteiger partial charge in [0.15, 0.2) is 0 Å². The highest BCUT2D eigenvalue weighted by atomic mass is 32.2. The molecule has 3 heterocycles. The molecule has 0 radical (unpaired) electrons. The average Bonchev–Trinajstić information content (AvgIpc) is 2.95. The predicted octanol–water partition coefficient (Wildman–Crippen LogP) is 0.655. The first-order chi connectivity index (χ1) is 12.0. The van der Waals surface area contributed by atoms with Crippen molar-refractivity contribution in [2.75, 3.05) is 37.8 Å². The molecular formula is C15H23N5O4S. The van der Waals surface area contributed by atoms with Crippen LogP contribution >= 0.6 is 0 Å². The van der Waals surface area contributed by atoms with E-state index in [1.807, 2.05) is 0 Å². The summed E-state index contributed by atoms with van der Waals surface area (Å²) >= 11 is 0. The first-order valence-corrected chi connectivity index (χ1v) is 9.96. The van der Waals surface area contributed by atoms with Crippen LogP contribution in [0.2, 0.25) is 0 Å². The highest BCUT2D eigenvalue weighted by Gasteiger charge is 2.37. The minimum absolute atomic E-state index is 0.138. The van der Waals surface area contributed by atoms with E-state index >= 15 is 0 Å². The summed E-state index contributed by atoms with van der Waals surface area (Å²) in [5.41, 5.74) is 0.674. The standard InChI is InChI=1S/C15H23N5O4S/c1-24-10-12-8-14(17-11-16-12)18-15(21)19-5-2-4-13(9-19)20-6-3-7-25(20,22)23/h8,11,13H,2-7,9-10H2,1H3,(H,16,17,18,21)/t13-/m0/s1. The molecule has 1 atom stereocenters. The highest BCUT2D eigenvalue weighted by molar-refractivity contribution is 7.89. The zero-order valence-electron chi connectivity index (χ0n) is 14.2. The van der Waals surface area contributed by atoms with E-state index < -0.39 is 10.0 Å². The molecule has 2 saturated heterocycles. The van der Waals surface area contributed by atoms with E-state index in [4.69, 9.17) is 4.74 Å². The molecule has 0 unspecified atom stereocenters. The molecule has 1 N–H and O–H groups in total. The Hall–Kier alpha value is -1.78. The van der Waals surface area contributed by atoms with Crippen LogP contribution in [0.4, 0.5) is 10.6 Å². The minimum atomic E-state index is -3.17. The quantitative estimate of drug-likeness (QED) is 0.836. The van der Waals surface area contributed by atoms with E-state index in [0.717, 1.165) is 12.8 Å². The lowest BCUT2D eigenvalue weighted by Gasteiger charge is -2.36. The van der Waals surface area contributed by atoms with Gasteiger partial charge in [0.25, 0.3) is 0 Å². The third-order valence-electron chi connectivity index (χ3n) is 4.48. The van der Waals surface area contributed by atoms with Crippen LogP contribution in [0.3, 0.4) is 0 Å². The Morgan fingerprint density at radius 3 is 2.92 bits per heavy atom. The van der Waals surface area contributed by atoms with Crippen molar-refractivity contribution < 1.29 is 17.9 Å². The van der Waals surface area contributed by atoms with Gasteiger partial charge in [-0.1, -0.05) is 0 Å². The van der Waals surface area contributed by atoms with Gasteiger partial charge in [0, 0.05) is 38.9 Å². The fourth-order valence-electron chi connectivity index (χ4n) is 3.32. The third-order valence-corrected chi connectivity index (χ3v) is 6.48. The zero-order chi connectivity index (χ0) is 17.9. The fraction of sp³-hybridized carbons (Fsp3) is 0.667. The molecule has 2 fully saturated rings. The highest BCUT2D eigenvalue weighted by Crippen LogP contribution is 2.24. The number of hydrogen-bond donors (Lipinski definition) is 1. The van der Waals surface area contributed by atoms with Crippen LogP contribution in [0.1, 0.15) is 25.0 Å². The van der Waals surface area contributed by atoms with Crippen molar-refractivity contribution in [3.63, 3.8) is 0 Å². The largest absolute Gasteiger partial charge is 0.378 e. The molecule has 0 saturated carbocycles. The van der Waals surface area contributed by atoms with Gasteiger partial charge < -0.3 is 9.64 Å². The van der Waals surface area contributed by atoms with Gasteiger partial charge in [0.05, 0.1) is 18.1 Å². The Morgan fingerprint density at radius 2 is 2.20 bits per heavy atom. The summed E-state index contributed by atoms with van der Waals surface area (Å²) in [4.78, 5) is 22.3. The van der Waals surface area contributed by atoms with Gasteiger partial charge in [-0.2, -0.15) is 4.31 Å². The lowest BCUT2D eigenvalue weighted by molar-refractivity contribution is 0.163. The second kappa shape index (κ2) is 7.63. The predicted molar refractivity (Wildman–Crippen MR) is 91.5 cm³/mol. The molecule has 138 valence electrons. The summed E-state index contributed by atoms with van der Waals surface area (Å²) in [6, 6.07) is 1.25. The van der Waals surface area contributed by atoms with Crippen LogP contribution in [0.25, 0.3) is 0 Å². The van der Waals surface area contributed by atoms with Gasteiger partial charge >= 0.3 is 6.03 Å². The van der Waals surface area contributed by atoms with E-state index in [9.17, 15) is 13.2 Å². The first-order valence-electron chi connectivity index (χ1n) is 8.35. The van der Waals surface area contributed by atoms with Gasteiger partial charge in [-0.3, -0.25) is 5.32 Å². The number of aromatic nitrogens is 2. The molecule has 2 amide bonds. The lowest BCUT2D eigenvalue weighted by Crippen LogP contribution is -2.51. The molecule has 3 rings (SSSR count). The van der Waals surface area contributed by atoms with Crippen LogP contribution in [-0.2, 0) is 21.4 Å². The number of nitrogens with zero attached hydrogens (tertiary/aromatic N) is 4. The zero-order valence-corrected chi connectivity index (χ0v) is 15.0. The Bertz CT molecular complexity index is 726. The van der Waals surface area contributed by atoms with Crippen molar-refractivity contribution >= 4 is 21.9 Å². The van der Waals surface area contributed by atoms with Crippen LogP contribution < -0.4 is 5.32 Å². The molecule has 0 bridgehead atoms. The number of hydrogen-bond acceptors (Lipinski definition) is 6. The van der Waals surface area contributed by atoms with Crippen molar-refractivity contribution in [2.24, 2.45) is 0 Å². The Labute approximate surface area is 147 Å². The van der Waals surface area contributed by atoms with Gasteiger partial charge in [-0.15, -0.1) is 0 Å². The van der Waals surface area contributed by atoms with Gasteiger partial charge in [-0.25, -0.2) is 23.2 Å². The van der Waals surface area contributed by atoms with Crippen molar-refractivity contribution in [3.8, 4) is 0 Å². The van der Waals surface area contributed by atoms with Crippen molar-refractivity contribution in [1.29, 1.82) is 0 Å². The number of carbonyl (C=O) groups excluding carboxylic acids is 1.